The van der Waals surface area contributed by atoms with Crippen LogP contribution in [0.15, 0.2) is 109 Å². The molecule has 0 fully saturated rings. The minimum atomic E-state index is -0.727. The van der Waals surface area contributed by atoms with Crippen LogP contribution < -0.4 is 10.1 Å². The van der Waals surface area contributed by atoms with Crippen LogP contribution in [-0.4, -0.2) is 24.3 Å². The molecule has 38 heavy (non-hydrogen) atoms. The van der Waals surface area contributed by atoms with Gasteiger partial charge in [-0.2, -0.15) is 0 Å². The zero-order valence-electron chi connectivity index (χ0n) is 21.2. The van der Waals surface area contributed by atoms with Crippen LogP contribution in [0.25, 0.3) is 0 Å². The predicted molar refractivity (Wildman–Crippen MR) is 147 cm³/mol. The highest BCUT2D eigenvalue weighted by Crippen LogP contribution is 2.27. The maximum Gasteiger partial charge on any atom is 0.224 e. The molecule has 1 amide bonds. The molecule has 0 saturated heterocycles. The normalized spacial score (nSPS) is 13.5. The summed E-state index contributed by atoms with van der Waals surface area (Å²) in [6, 6.07) is 34.2. The first-order valence-corrected chi connectivity index (χ1v) is 13.0. The van der Waals surface area contributed by atoms with E-state index in [0.717, 1.165) is 16.9 Å². The van der Waals surface area contributed by atoms with Crippen molar-refractivity contribution in [2.24, 2.45) is 5.92 Å². The molecular formula is C33H31NO4. The molecule has 5 heteroatoms. The topological polar surface area (TPSA) is 64.6 Å². The number of benzene rings is 4. The molecule has 4 aromatic rings. The number of rotatable bonds is 11. The SMILES string of the molecule is O=C(NC(COCc1ccccc1)C(=O)Cc1ccc(Oc2ccccc2)cc1)C1Cc2ccccc2C1. The van der Waals surface area contributed by atoms with E-state index in [-0.39, 0.29) is 30.6 Å². The maximum atomic E-state index is 13.4. The van der Waals surface area contributed by atoms with Crippen LogP contribution in [0.4, 0.5) is 0 Å². The molecule has 1 unspecified atom stereocenters. The highest BCUT2D eigenvalue weighted by atomic mass is 16.5. The second-order valence-corrected chi connectivity index (χ2v) is 9.64. The van der Waals surface area contributed by atoms with Crippen LogP contribution in [-0.2, 0) is 40.2 Å². The lowest BCUT2D eigenvalue weighted by Gasteiger charge is -2.20. The molecule has 5 nitrogen and oxygen atoms in total. The highest BCUT2D eigenvalue weighted by molar-refractivity contribution is 5.91. The molecule has 0 spiro atoms. The van der Waals surface area contributed by atoms with Gasteiger partial charge in [-0.25, -0.2) is 0 Å². The van der Waals surface area contributed by atoms with Crippen LogP contribution in [0.2, 0.25) is 0 Å². The van der Waals surface area contributed by atoms with Crippen LogP contribution in [0.5, 0.6) is 11.5 Å². The smallest absolute Gasteiger partial charge is 0.224 e. The molecule has 4 aromatic carbocycles. The number of para-hydroxylation sites is 1. The molecule has 0 saturated carbocycles. The minimum absolute atomic E-state index is 0.0846. The fourth-order valence-corrected chi connectivity index (χ4v) is 4.74. The van der Waals surface area contributed by atoms with E-state index in [0.29, 0.717) is 25.2 Å². The molecule has 0 bridgehead atoms. The van der Waals surface area contributed by atoms with Crippen molar-refractivity contribution >= 4 is 11.7 Å². The quantitative estimate of drug-likeness (QED) is 0.284. The summed E-state index contributed by atoms with van der Waals surface area (Å²) in [5.41, 5.74) is 4.28. The van der Waals surface area contributed by atoms with E-state index in [9.17, 15) is 9.59 Å². The zero-order chi connectivity index (χ0) is 26.2. The molecule has 192 valence electrons. The lowest BCUT2D eigenvalue weighted by Crippen LogP contribution is -2.47. The first-order valence-electron chi connectivity index (χ1n) is 13.0. The van der Waals surface area contributed by atoms with Crippen molar-refractivity contribution in [3.05, 3.63) is 131 Å². The summed E-state index contributed by atoms with van der Waals surface area (Å²) in [6.07, 6.45) is 1.57. The minimum Gasteiger partial charge on any atom is -0.457 e. The van der Waals surface area contributed by atoms with Crippen molar-refractivity contribution in [1.29, 1.82) is 0 Å². The number of ether oxygens (including phenoxy) is 2. The number of ketones is 1. The molecule has 0 radical (unpaired) electrons. The second kappa shape index (κ2) is 12.3. The molecule has 0 heterocycles. The average Bonchev–Trinajstić information content (AvgIpc) is 3.39. The molecule has 1 aliphatic carbocycles. The van der Waals surface area contributed by atoms with Gasteiger partial charge in [0, 0.05) is 12.3 Å². The van der Waals surface area contributed by atoms with Crippen molar-refractivity contribution in [2.45, 2.75) is 31.9 Å². The van der Waals surface area contributed by atoms with Gasteiger partial charge < -0.3 is 14.8 Å². The van der Waals surface area contributed by atoms with Gasteiger partial charge in [-0.15, -0.1) is 0 Å². The van der Waals surface area contributed by atoms with Crippen molar-refractivity contribution in [1.82, 2.24) is 5.32 Å². The Bertz CT molecular complexity index is 1330. The number of hydrogen-bond acceptors (Lipinski definition) is 4. The van der Waals surface area contributed by atoms with E-state index < -0.39 is 6.04 Å². The summed E-state index contributed by atoms with van der Waals surface area (Å²) in [5.74, 6) is 1.09. The first-order chi connectivity index (χ1) is 18.6. The van der Waals surface area contributed by atoms with Crippen molar-refractivity contribution < 1.29 is 19.1 Å². The average molecular weight is 506 g/mol. The monoisotopic (exact) mass is 505 g/mol. The number of nitrogens with one attached hydrogen (secondary N) is 1. The molecule has 1 aliphatic rings. The van der Waals surface area contributed by atoms with E-state index in [2.05, 4.69) is 17.4 Å². The summed E-state index contributed by atoms with van der Waals surface area (Å²) in [4.78, 5) is 26.6. The van der Waals surface area contributed by atoms with Crippen LogP contribution >= 0.6 is 0 Å². The Balaban J connectivity index is 1.22. The zero-order valence-corrected chi connectivity index (χ0v) is 21.2. The lowest BCUT2D eigenvalue weighted by atomic mass is 10.0. The van der Waals surface area contributed by atoms with E-state index in [1.807, 2.05) is 97.1 Å². The third-order valence-electron chi connectivity index (χ3n) is 6.80. The fourth-order valence-electron chi connectivity index (χ4n) is 4.74. The van der Waals surface area contributed by atoms with E-state index in [4.69, 9.17) is 9.47 Å². The van der Waals surface area contributed by atoms with Crippen molar-refractivity contribution in [2.75, 3.05) is 6.61 Å². The largest absolute Gasteiger partial charge is 0.457 e. The van der Waals surface area contributed by atoms with Crippen molar-refractivity contribution in [3.63, 3.8) is 0 Å². The lowest BCUT2D eigenvalue weighted by molar-refractivity contribution is -0.131. The summed E-state index contributed by atoms with van der Waals surface area (Å²) in [5, 5.41) is 3.01. The summed E-state index contributed by atoms with van der Waals surface area (Å²) in [6.45, 7) is 0.495. The van der Waals surface area contributed by atoms with Crippen LogP contribution in [0.1, 0.15) is 22.3 Å². The van der Waals surface area contributed by atoms with Gasteiger partial charge in [0.15, 0.2) is 5.78 Å². The number of fused-ring (bicyclic) bond motifs is 1. The number of carbonyl (C=O) groups excluding carboxylic acids is 2. The molecule has 0 aliphatic heterocycles. The summed E-state index contributed by atoms with van der Waals surface area (Å²) >= 11 is 0. The number of amides is 1. The van der Waals surface area contributed by atoms with Gasteiger partial charge in [0.1, 0.15) is 17.5 Å². The number of carbonyl (C=O) groups is 2. The van der Waals surface area contributed by atoms with Gasteiger partial charge >= 0.3 is 0 Å². The third kappa shape index (κ3) is 6.75. The second-order valence-electron chi connectivity index (χ2n) is 9.64. The van der Waals surface area contributed by atoms with Crippen LogP contribution in [0, 0.1) is 5.92 Å². The Hall–Kier alpha value is -4.22. The Kier molecular flexibility index (Phi) is 8.26. The van der Waals surface area contributed by atoms with E-state index >= 15 is 0 Å². The fraction of sp³-hybridized carbons (Fsp3) is 0.212. The summed E-state index contributed by atoms with van der Waals surface area (Å²) in [7, 11) is 0. The Labute approximate surface area is 223 Å². The maximum absolute atomic E-state index is 13.4. The first kappa shape index (κ1) is 25.4. The molecule has 0 aromatic heterocycles. The standard InChI is InChI=1S/C33H31NO4/c35-32(19-24-15-17-30(18-16-24)38-29-13-5-2-6-14-29)31(23-37-22-25-9-3-1-4-10-25)34-33(36)28-20-26-11-7-8-12-27(26)21-28/h1-18,28,31H,19-23H2,(H,34,36). The van der Waals surface area contributed by atoms with E-state index in [1.165, 1.54) is 11.1 Å². The number of hydrogen-bond donors (Lipinski definition) is 1. The van der Waals surface area contributed by atoms with Gasteiger partial charge in [-0.05, 0) is 59.4 Å². The Morgan fingerprint density at radius 2 is 1.29 bits per heavy atom. The van der Waals surface area contributed by atoms with Crippen molar-refractivity contribution in [3.8, 4) is 11.5 Å². The van der Waals surface area contributed by atoms with E-state index in [1.54, 1.807) is 0 Å². The van der Waals surface area contributed by atoms with Gasteiger partial charge in [-0.3, -0.25) is 9.59 Å². The molecule has 1 N–H and O–H groups in total. The predicted octanol–water partition coefficient (Wildman–Crippen LogP) is 5.71. The van der Waals surface area contributed by atoms with Gasteiger partial charge in [0.05, 0.1) is 13.2 Å². The molecular weight excluding hydrogens is 474 g/mol. The van der Waals surface area contributed by atoms with Gasteiger partial charge in [0.25, 0.3) is 0 Å². The van der Waals surface area contributed by atoms with Gasteiger partial charge in [0.2, 0.25) is 5.91 Å². The third-order valence-corrected chi connectivity index (χ3v) is 6.80. The number of Topliss-reactive ketones (excluding diaryl/α,β-unsaturated/α-hetero) is 1. The Morgan fingerprint density at radius 1 is 0.711 bits per heavy atom. The van der Waals surface area contributed by atoms with Crippen LogP contribution in [0.3, 0.4) is 0 Å². The molecule has 5 rings (SSSR count). The highest BCUT2D eigenvalue weighted by Gasteiger charge is 2.30. The Morgan fingerprint density at radius 3 is 1.95 bits per heavy atom. The van der Waals surface area contributed by atoms with Gasteiger partial charge in [-0.1, -0.05) is 84.9 Å². The summed E-state index contributed by atoms with van der Waals surface area (Å²) < 4.78 is 11.8. The molecule has 1 atom stereocenters.